The largest absolute Gasteiger partial charge is 0.435 e. The fourth-order valence-electron chi connectivity index (χ4n) is 3.76. The highest BCUT2D eigenvalue weighted by Crippen LogP contribution is 2.32. The second-order valence-electron chi connectivity index (χ2n) is 6.74. The number of carbonyl (C=O) groups is 1. The molecule has 2 aliphatic heterocycles. The Hall–Kier alpha value is -1.77. The summed E-state index contributed by atoms with van der Waals surface area (Å²) in [5, 5.41) is 0. The molecule has 2 saturated heterocycles. The molecule has 0 bridgehead atoms. The van der Waals surface area contributed by atoms with Crippen LogP contribution in [0.3, 0.4) is 0 Å². The number of likely N-dealkylation sites (tertiary alicyclic amines) is 1. The van der Waals surface area contributed by atoms with Crippen molar-refractivity contribution in [2.45, 2.75) is 32.0 Å². The second kappa shape index (κ2) is 7.63. The van der Waals surface area contributed by atoms with Gasteiger partial charge in [-0.1, -0.05) is 12.1 Å². The van der Waals surface area contributed by atoms with Crippen LogP contribution in [0, 0.1) is 11.8 Å². The van der Waals surface area contributed by atoms with Gasteiger partial charge in [-0.15, -0.1) is 0 Å². The average Bonchev–Trinajstić information content (AvgIpc) is 3.20. The van der Waals surface area contributed by atoms with E-state index in [0.29, 0.717) is 25.6 Å². The van der Waals surface area contributed by atoms with Gasteiger partial charge >= 0.3 is 6.61 Å². The van der Waals surface area contributed by atoms with Crippen molar-refractivity contribution in [1.82, 2.24) is 15.8 Å². The third kappa shape index (κ3) is 3.91. The minimum absolute atomic E-state index is 0.0612. The summed E-state index contributed by atoms with van der Waals surface area (Å²) in [5.74, 6) is 0.180. The lowest BCUT2D eigenvalue weighted by Gasteiger charge is -2.27. The summed E-state index contributed by atoms with van der Waals surface area (Å²) in [4.78, 5) is 14.9. The van der Waals surface area contributed by atoms with Crippen LogP contribution in [0.1, 0.15) is 24.9 Å². The maximum atomic E-state index is 13.0. The minimum atomic E-state index is -2.87. The van der Waals surface area contributed by atoms with Crippen molar-refractivity contribution in [2.75, 3.05) is 19.6 Å². The molecular formula is C17H24F2N4O2. The third-order valence-electron chi connectivity index (χ3n) is 5.02. The second-order valence-corrected chi connectivity index (χ2v) is 6.74. The number of nitrogens with one attached hydrogen (secondary N) is 2. The lowest BCUT2D eigenvalue weighted by molar-refractivity contribution is -0.136. The van der Waals surface area contributed by atoms with Crippen LogP contribution >= 0.6 is 0 Å². The van der Waals surface area contributed by atoms with Gasteiger partial charge < -0.3 is 15.4 Å². The molecule has 4 unspecified atom stereocenters. The van der Waals surface area contributed by atoms with E-state index in [-0.39, 0.29) is 29.7 Å². The van der Waals surface area contributed by atoms with Crippen molar-refractivity contribution in [1.29, 1.82) is 0 Å². The van der Waals surface area contributed by atoms with Crippen molar-refractivity contribution in [3.05, 3.63) is 29.8 Å². The zero-order valence-corrected chi connectivity index (χ0v) is 14.1. The molecule has 3 rings (SSSR count). The summed E-state index contributed by atoms with van der Waals surface area (Å²) in [6, 6.07) is 6.35. The molecule has 8 heteroatoms. The van der Waals surface area contributed by atoms with Crippen LogP contribution in [0.5, 0.6) is 5.75 Å². The summed E-state index contributed by atoms with van der Waals surface area (Å²) in [5.41, 5.74) is 12.6. The van der Waals surface area contributed by atoms with Crippen molar-refractivity contribution in [2.24, 2.45) is 17.6 Å². The van der Waals surface area contributed by atoms with Crippen LogP contribution in [0.4, 0.5) is 8.78 Å². The van der Waals surface area contributed by atoms with Crippen LogP contribution in [0.15, 0.2) is 24.3 Å². The molecule has 138 valence electrons. The van der Waals surface area contributed by atoms with Crippen LogP contribution < -0.4 is 21.3 Å². The number of hydrazine groups is 1. The molecule has 2 fully saturated rings. The van der Waals surface area contributed by atoms with E-state index in [1.54, 1.807) is 18.2 Å². The molecule has 1 aromatic carbocycles. The van der Waals surface area contributed by atoms with E-state index >= 15 is 0 Å². The smallest absolute Gasteiger partial charge is 0.387 e. The fraction of sp³-hybridized carbons (Fsp3) is 0.588. The van der Waals surface area contributed by atoms with E-state index in [4.69, 9.17) is 5.73 Å². The summed E-state index contributed by atoms with van der Waals surface area (Å²) in [6.07, 6.45) is 0.915. The highest BCUT2D eigenvalue weighted by Gasteiger charge is 2.40. The van der Waals surface area contributed by atoms with Gasteiger partial charge in [0.1, 0.15) is 5.75 Å². The van der Waals surface area contributed by atoms with Crippen LogP contribution in [-0.2, 0) is 4.79 Å². The molecule has 6 nitrogen and oxygen atoms in total. The van der Waals surface area contributed by atoms with Crippen LogP contribution in [0.25, 0.3) is 0 Å². The average molecular weight is 354 g/mol. The molecule has 0 saturated carbocycles. The lowest BCUT2D eigenvalue weighted by atomic mass is 9.93. The number of nitrogens with zero attached hydrogens (tertiary/aromatic N) is 1. The zero-order valence-electron chi connectivity index (χ0n) is 14.1. The normalized spacial score (nSPS) is 29.4. The predicted molar refractivity (Wildman–Crippen MR) is 88.8 cm³/mol. The number of halogens is 2. The number of amides is 1. The third-order valence-corrected chi connectivity index (χ3v) is 5.02. The Morgan fingerprint density at radius 3 is 2.96 bits per heavy atom. The molecule has 4 atom stereocenters. The van der Waals surface area contributed by atoms with Gasteiger partial charge in [0.2, 0.25) is 5.91 Å². The van der Waals surface area contributed by atoms with Gasteiger partial charge in [-0.3, -0.25) is 10.2 Å². The summed E-state index contributed by atoms with van der Waals surface area (Å²) < 4.78 is 29.3. The van der Waals surface area contributed by atoms with Gasteiger partial charge in [0.25, 0.3) is 0 Å². The van der Waals surface area contributed by atoms with E-state index in [9.17, 15) is 13.6 Å². The topological polar surface area (TPSA) is 79.6 Å². The summed E-state index contributed by atoms with van der Waals surface area (Å²) in [6.45, 7) is 0.899. The maximum Gasteiger partial charge on any atom is 0.387 e. The summed E-state index contributed by atoms with van der Waals surface area (Å²) >= 11 is 0. The zero-order chi connectivity index (χ0) is 18.0. The maximum absolute atomic E-state index is 13.0. The van der Waals surface area contributed by atoms with Crippen LogP contribution in [0.2, 0.25) is 0 Å². The molecule has 1 amide bonds. The molecule has 0 aliphatic carbocycles. The number of ether oxygens (including phenoxy) is 1. The van der Waals surface area contributed by atoms with Crippen molar-refractivity contribution in [3.63, 3.8) is 0 Å². The number of carbonyl (C=O) groups excluding carboxylic acids is 1. The lowest BCUT2D eigenvalue weighted by Crippen LogP contribution is -2.41. The van der Waals surface area contributed by atoms with E-state index in [1.807, 2.05) is 11.8 Å². The Bertz CT molecular complexity index is 616. The first-order valence-corrected chi connectivity index (χ1v) is 8.53. The van der Waals surface area contributed by atoms with Crippen molar-refractivity contribution in [3.8, 4) is 5.75 Å². The molecule has 2 heterocycles. The molecule has 0 radical (unpaired) electrons. The van der Waals surface area contributed by atoms with Gasteiger partial charge in [-0.2, -0.15) is 8.78 Å². The minimum Gasteiger partial charge on any atom is -0.435 e. The molecule has 2 aliphatic rings. The first kappa shape index (κ1) is 18.0. The SMILES string of the molecule is CC1CC(CN)CN1C(=O)C1CNNC1c1cccc(OC(F)F)c1. The Kier molecular flexibility index (Phi) is 5.51. The molecule has 0 aromatic heterocycles. The quantitative estimate of drug-likeness (QED) is 0.742. The Labute approximate surface area is 145 Å². The first-order chi connectivity index (χ1) is 12.0. The number of benzene rings is 1. The standard InChI is InChI=1S/C17H24F2N4O2/c1-10-5-11(7-20)9-23(10)16(24)14-8-21-22-15(14)12-3-2-4-13(6-12)25-17(18)19/h2-4,6,10-11,14-15,17,21-22H,5,7-9,20H2,1H3. The predicted octanol–water partition coefficient (Wildman–Crippen LogP) is 1.25. The highest BCUT2D eigenvalue weighted by atomic mass is 19.3. The monoisotopic (exact) mass is 354 g/mol. The molecule has 25 heavy (non-hydrogen) atoms. The van der Waals surface area contributed by atoms with Gasteiger partial charge in [0.05, 0.1) is 12.0 Å². The number of hydrogen-bond acceptors (Lipinski definition) is 5. The highest BCUT2D eigenvalue weighted by molar-refractivity contribution is 5.81. The molecule has 4 N–H and O–H groups in total. The van der Waals surface area contributed by atoms with E-state index < -0.39 is 6.61 Å². The van der Waals surface area contributed by atoms with E-state index in [2.05, 4.69) is 15.6 Å². The fourth-order valence-corrected chi connectivity index (χ4v) is 3.76. The van der Waals surface area contributed by atoms with Gasteiger partial charge in [0, 0.05) is 19.1 Å². The Morgan fingerprint density at radius 1 is 1.48 bits per heavy atom. The van der Waals surface area contributed by atoms with Crippen molar-refractivity contribution < 1.29 is 18.3 Å². The number of alkyl halides is 2. The first-order valence-electron chi connectivity index (χ1n) is 8.53. The van der Waals surface area contributed by atoms with Crippen LogP contribution in [-0.4, -0.2) is 43.1 Å². The van der Waals surface area contributed by atoms with E-state index in [1.165, 1.54) is 6.07 Å². The number of hydrogen-bond donors (Lipinski definition) is 3. The number of nitrogens with two attached hydrogens (primary N) is 1. The molecule has 1 aromatic rings. The Balaban J connectivity index is 1.75. The van der Waals surface area contributed by atoms with Gasteiger partial charge in [-0.25, -0.2) is 5.43 Å². The molecular weight excluding hydrogens is 330 g/mol. The van der Waals surface area contributed by atoms with E-state index in [0.717, 1.165) is 12.0 Å². The summed E-state index contributed by atoms with van der Waals surface area (Å²) in [7, 11) is 0. The van der Waals surface area contributed by atoms with Crippen molar-refractivity contribution >= 4 is 5.91 Å². The Morgan fingerprint density at radius 2 is 2.28 bits per heavy atom. The molecule has 0 spiro atoms. The van der Waals surface area contributed by atoms with Gasteiger partial charge in [0.15, 0.2) is 0 Å². The van der Waals surface area contributed by atoms with Gasteiger partial charge in [-0.05, 0) is 43.5 Å². The number of rotatable bonds is 5.